The Morgan fingerprint density at radius 2 is 1.94 bits per heavy atom. The molecule has 2 atom stereocenters. The van der Waals surface area contributed by atoms with Crippen LogP contribution in [0, 0.1) is 5.92 Å². The molecule has 1 aromatic rings. The predicted octanol–water partition coefficient (Wildman–Crippen LogP) is 3.14. The van der Waals surface area contributed by atoms with Gasteiger partial charge in [0.05, 0.1) is 12.3 Å². The standard InChI is InChI=1S/C24H34N2O6/c1-2-31-24(30)18(14-13-17-9-5-3-4-6-10-17)25-19-16-32-21-12-8-7-11-20(21)26(23(19)29)15-22(27)28/h7-8,11-12,17-19,25H,2-6,9-10,13-16H2,1H3,(H,27,28)/t18-,19?/m0/s1. The highest BCUT2D eigenvalue weighted by atomic mass is 16.5. The number of ether oxygens (including phenoxy) is 2. The van der Waals surface area contributed by atoms with E-state index in [4.69, 9.17) is 9.47 Å². The second-order valence-corrected chi connectivity index (χ2v) is 8.56. The zero-order chi connectivity index (χ0) is 22.9. The number of anilines is 1. The van der Waals surface area contributed by atoms with Crippen molar-refractivity contribution in [1.29, 1.82) is 0 Å². The molecule has 0 aromatic heterocycles. The lowest BCUT2D eigenvalue weighted by molar-refractivity contribution is -0.146. The topological polar surface area (TPSA) is 105 Å². The van der Waals surface area contributed by atoms with Crippen LogP contribution in [0.2, 0.25) is 0 Å². The van der Waals surface area contributed by atoms with Crippen molar-refractivity contribution >= 4 is 23.5 Å². The predicted molar refractivity (Wildman–Crippen MR) is 120 cm³/mol. The van der Waals surface area contributed by atoms with Crippen molar-refractivity contribution in [3.63, 3.8) is 0 Å². The molecule has 0 saturated heterocycles. The highest BCUT2D eigenvalue weighted by Crippen LogP contribution is 2.31. The van der Waals surface area contributed by atoms with Gasteiger partial charge in [-0.25, -0.2) is 0 Å². The number of rotatable bonds is 9. The molecular weight excluding hydrogens is 412 g/mol. The molecule has 1 aliphatic carbocycles. The van der Waals surface area contributed by atoms with Crippen molar-refractivity contribution in [3.8, 4) is 5.75 Å². The number of carboxylic acids is 1. The molecule has 1 fully saturated rings. The number of hydrogen-bond donors (Lipinski definition) is 2. The average molecular weight is 447 g/mol. The summed E-state index contributed by atoms with van der Waals surface area (Å²) in [4.78, 5) is 38.6. The monoisotopic (exact) mass is 446 g/mol. The number of benzene rings is 1. The molecule has 1 unspecified atom stereocenters. The van der Waals surface area contributed by atoms with Gasteiger partial charge in [0.2, 0.25) is 5.91 Å². The maximum absolute atomic E-state index is 13.3. The molecule has 2 aliphatic rings. The number of carboxylic acid groups (broad SMARTS) is 1. The van der Waals surface area contributed by atoms with Gasteiger partial charge in [-0.15, -0.1) is 0 Å². The van der Waals surface area contributed by atoms with Gasteiger partial charge in [-0.1, -0.05) is 50.7 Å². The van der Waals surface area contributed by atoms with Crippen LogP contribution >= 0.6 is 0 Å². The van der Waals surface area contributed by atoms with Gasteiger partial charge in [0.1, 0.15) is 31.0 Å². The van der Waals surface area contributed by atoms with Crippen molar-refractivity contribution < 1.29 is 29.0 Å². The van der Waals surface area contributed by atoms with E-state index < -0.39 is 30.5 Å². The van der Waals surface area contributed by atoms with Gasteiger partial charge >= 0.3 is 11.9 Å². The Bertz CT molecular complexity index is 790. The molecule has 1 heterocycles. The zero-order valence-electron chi connectivity index (χ0n) is 18.8. The SMILES string of the molecule is CCOC(=O)[C@H](CCC1CCCCCC1)NC1COc2ccccc2N(CC(=O)O)C1=O. The lowest BCUT2D eigenvalue weighted by Crippen LogP contribution is -2.54. The third-order valence-electron chi connectivity index (χ3n) is 6.23. The normalized spacial score (nSPS) is 20.5. The molecule has 3 rings (SSSR count). The second kappa shape index (κ2) is 11.9. The summed E-state index contributed by atoms with van der Waals surface area (Å²) >= 11 is 0. The smallest absolute Gasteiger partial charge is 0.323 e. The highest BCUT2D eigenvalue weighted by molar-refractivity contribution is 6.02. The van der Waals surface area contributed by atoms with Crippen molar-refractivity contribution in [2.45, 2.75) is 70.4 Å². The largest absolute Gasteiger partial charge is 0.489 e. The quantitative estimate of drug-likeness (QED) is 0.443. The first kappa shape index (κ1) is 24.0. The molecule has 1 aliphatic heterocycles. The number of esters is 1. The van der Waals surface area contributed by atoms with E-state index in [9.17, 15) is 19.5 Å². The van der Waals surface area contributed by atoms with E-state index in [1.165, 1.54) is 43.4 Å². The fourth-order valence-corrected chi connectivity index (χ4v) is 4.58. The Balaban J connectivity index is 1.74. The molecule has 1 amide bonds. The number of aliphatic carboxylic acids is 1. The molecule has 0 radical (unpaired) electrons. The third kappa shape index (κ3) is 6.45. The van der Waals surface area contributed by atoms with Gasteiger partial charge in [-0.05, 0) is 37.8 Å². The van der Waals surface area contributed by atoms with Crippen molar-refractivity contribution in [3.05, 3.63) is 24.3 Å². The Labute approximate surface area is 189 Å². The molecule has 0 bridgehead atoms. The minimum atomic E-state index is -1.12. The molecule has 2 N–H and O–H groups in total. The number of amides is 1. The first-order valence-electron chi connectivity index (χ1n) is 11.7. The fourth-order valence-electron chi connectivity index (χ4n) is 4.58. The average Bonchev–Trinajstić information content (AvgIpc) is 3.11. The van der Waals surface area contributed by atoms with Crippen LogP contribution in [0.15, 0.2) is 24.3 Å². The number of fused-ring (bicyclic) bond motifs is 1. The van der Waals surface area contributed by atoms with E-state index in [-0.39, 0.29) is 19.2 Å². The molecule has 176 valence electrons. The van der Waals surface area contributed by atoms with Crippen molar-refractivity contribution in [2.75, 3.05) is 24.7 Å². The zero-order valence-corrected chi connectivity index (χ0v) is 18.8. The molecular formula is C24H34N2O6. The van der Waals surface area contributed by atoms with E-state index in [2.05, 4.69) is 5.32 Å². The number of nitrogens with one attached hydrogen (secondary N) is 1. The Hall–Kier alpha value is -2.61. The van der Waals surface area contributed by atoms with E-state index in [0.29, 0.717) is 23.8 Å². The molecule has 8 nitrogen and oxygen atoms in total. The summed E-state index contributed by atoms with van der Waals surface area (Å²) in [6.45, 7) is 1.53. The summed E-state index contributed by atoms with van der Waals surface area (Å²) in [6.07, 6.45) is 8.77. The van der Waals surface area contributed by atoms with E-state index in [1.807, 2.05) is 0 Å². The van der Waals surface area contributed by atoms with Gasteiger partial charge in [0.25, 0.3) is 0 Å². The number of carbonyl (C=O) groups excluding carboxylic acids is 2. The van der Waals surface area contributed by atoms with Crippen LogP contribution in [0.25, 0.3) is 0 Å². The van der Waals surface area contributed by atoms with Gasteiger partial charge in [-0.2, -0.15) is 0 Å². The van der Waals surface area contributed by atoms with E-state index >= 15 is 0 Å². The number of para-hydroxylation sites is 2. The number of hydrogen-bond acceptors (Lipinski definition) is 6. The van der Waals surface area contributed by atoms with Crippen LogP contribution < -0.4 is 15.0 Å². The van der Waals surface area contributed by atoms with Gasteiger partial charge in [0.15, 0.2) is 0 Å². The van der Waals surface area contributed by atoms with Crippen LogP contribution in [0.4, 0.5) is 5.69 Å². The molecule has 8 heteroatoms. The summed E-state index contributed by atoms with van der Waals surface area (Å²) < 4.78 is 11.1. The molecule has 0 spiro atoms. The molecule has 32 heavy (non-hydrogen) atoms. The van der Waals surface area contributed by atoms with Gasteiger partial charge in [-0.3, -0.25) is 24.6 Å². The lowest BCUT2D eigenvalue weighted by atomic mass is 9.92. The highest BCUT2D eigenvalue weighted by Gasteiger charge is 2.35. The Morgan fingerprint density at radius 3 is 2.62 bits per heavy atom. The van der Waals surface area contributed by atoms with Crippen molar-refractivity contribution in [2.24, 2.45) is 5.92 Å². The lowest BCUT2D eigenvalue weighted by Gasteiger charge is -2.27. The number of carbonyl (C=O) groups is 3. The maximum Gasteiger partial charge on any atom is 0.323 e. The summed E-state index contributed by atoms with van der Waals surface area (Å²) in [6, 6.07) is 5.35. The Morgan fingerprint density at radius 1 is 1.22 bits per heavy atom. The molecule has 1 saturated carbocycles. The van der Waals surface area contributed by atoms with Crippen LogP contribution in [-0.4, -0.2) is 54.8 Å². The van der Waals surface area contributed by atoms with Gasteiger partial charge < -0.3 is 14.6 Å². The number of nitrogens with zero attached hydrogens (tertiary/aromatic N) is 1. The van der Waals surface area contributed by atoms with Crippen molar-refractivity contribution in [1.82, 2.24) is 5.32 Å². The third-order valence-corrected chi connectivity index (χ3v) is 6.23. The Kier molecular flexibility index (Phi) is 8.90. The fraction of sp³-hybridized carbons (Fsp3) is 0.625. The van der Waals surface area contributed by atoms with Crippen LogP contribution in [0.3, 0.4) is 0 Å². The first-order chi connectivity index (χ1) is 15.5. The molecule has 1 aromatic carbocycles. The van der Waals surface area contributed by atoms with Crippen LogP contribution in [-0.2, 0) is 19.1 Å². The summed E-state index contributed by atoms with van der Waals surface area (Å²) in [5, 5.41) is 12.5. The maximum atomic E-state index is 13.3. The van der Waals surface area contributed by atoms with Gasteiger partial charge in [0, 0.05) is 0 Å². The second-order valence-electron chi connectivity index (χ2n) is 8.56. The van der Waals surface area contributed by atoms with Crippen LogP contribution in [0.5, 0.6) is 5.75 Å². The minimum absolute atomic E-state index is 0.00526. The minimum Gasteiger partial charge on any atom is -0.489 e. The summed E-state index contributed by atoms with van der Waals surface area (Å²) in [5.74, 6) is -0.923. The van der Waals surface area contributed by atoms with E-state index in [1.54, 1.807) is 31.2 Å². The first-order valence-corrected chi connectivity index (χ1v) is 11.7. The summed E-state index contributed by atoms with van der Waals surface area (Å²) in [7, 11) is 0. The van der Waals surface area contributed by atoms with Crippen LogP contribution in [0.1, 0.15) is 58.3 Å². The summed E-state index contributed by atoms with van der Waals surface area (Å²) in [5.41, 5.74) is 0.412. The van der Waals surface area contributed by atoms with E-state index in [0.717, 1.165) is 6.42 Å².